The molecule has 0 bridgehead atoms. The third-order valence-electron chi connectivity index (χ3n) is 4.82. The highest BCUT2D eigenvalue weighted by atomic mass is 19.1. The molecule has 0 atom stereocenters. The van der Waals surface area contributed by atoms with Gasteiger partial charge in [-0.25, -0.2) is 9.18 Å². The van der Waals surface area contributed by atoms with Crippen LogP contribution in [0.5, 0.6) is 0 Å². The first-order chi connectivity index (χ1) is 14.1. The van der Waals surface area contributed by atoms with Gasteiger partial charge < -0.3 is 14.2 Å². The maximum absolute atomic E-state index is 13.4. The smallest absolute Gasteiger partial charge is 0.339 e. The van der Waals surface area contributed by atoms with E-state index in [9.17, 15) is 14.0 Å². The molecule has 0 unspecified atom stereocenters. The number of hydrogen-bond donors (Lipinski definition) is 0. The van der Waals surface area contributed by atoms with Gasteiger partial charge >= 0.3 is 5.97 Å². The summed E-state index contributed by atoms with van der Waals surface area (Å²) in [5.74, 6) is -0.0637. The third-order valence-corrected chi connectivity index (χ3v) is 4.82. The Morgan fingerprint density at radius 2 is 1.63 bits per heavy atom. The fraction of sp³-hybridized carbons (Fsp3) is 0.500. The van der Waals surface area contributed by atoms with Gasteiger partial charge in [-0.15, -0.1) is 0 Å². The van der Waals surface area contributed by atoms with Crippen molar-refractivity contribution < 1.29 is 18.7 Å². The Labute approximate surface area is 178 Å². The van der Waals surface area contributed by atoms with Gasteiger partial charge in [-0.1, -0.05) is 27.7 Å². The fourth-order valence-corrected chi connectivity index (χ4v) is 3.52. The number of halogens is 1. The van der Waals surface area contributed by atoms with Gasteiger partial charge in [-0.3, -0.25) is 4.79 Å². The standard InChI is InChI=1S/C24H33FN2O3/c1-7-30-24(29)21-12-22(19-8-10-20(25)11-9-19)27(18(21)6)15-23(28)26(13-16(2)3)14-17(4)5/h8-12,16-17H,7,13-15H2,1-6H3. The molecule has 5 nitrogen and oxygen atoms in total. The molecule has 0 saturated carbocycles. The van der Waals surface area contributed by atoms with E-state index >= 15 is 0 Å². The predicted octanol–water partition coefficient (Wildman–Crippen LogP) is 4.92. The van der Waals surface area contributed by atoms with Crippen molar-refractivity contribution in [2.45, 2.75) is 48.1 Å². The zero-order valence-electron chi connectivity index (χ0n) is 18.9. The molecule has 1 heterocycles. The van der Waals surface area contributed by atoms with Crippen LogP contribution in [0.1, 0.15) is 50.7 Å². The first kappa shape index (κ1) is 23.6. The highest BCUT2D eigenvalue weighted by molar-refractivity contribution is 5.93. The largest absolute Gasteiger partial charge is 0.462 e. The van der Waals surface area contributed by atoms with Gasteiger partial charge in [0.25, 0.3) is 0 Å². The zero-order chi connectivity index (χ0) is 22.4. The number of amides is 1. The zero-order valence-corrected chi connectivity index (χ0v) is 18.9. The summed E-state index contributed by atoms with van der Waals surface area (Å²) in [5, 5.41) is 0. The molecule has 2 rings (SSSR count). The minimum absolute atomic E-state index is 0.00475. The lowest BCUT2D eigenvalue weighted by atomic mass is 10.1. The van der Waals surface area contributed by atoms with Crippen LogP contribution < -0.4 is 0 Å². The first-order valence-electron chi connectivity index (χ1n) is 10.5. The number of esters is 1. The van der Waals surface area contributed by atoms with Gasteiger partial charge in [0.1, 0.15) is 12.4 Å². The molecule has 0 fully saturated rings. The second kappa shape index (κ2) is 10.4. The Kier molecular flexibility index (Phi) is 8.21. The Morgan fingerprint density at radius 3 is 2.13 bits per heavy atom. The Bertz CT molecular complexity index is 859. The summed E-state index contributed by atoms with van der Waals surface area (Å²) in [4.78, 5) is 27.5. The van der Waals surface area contributed by atoms with Crippen LogP contribution in [0.25, 0.3) is 11.3 Å². The van der Waals surface area contributed by atoms with Gasteiger partial charge in [0.15, 0.2) is 0 Å². The maximum atomic E-state index is 13.4. The molecule has 0 N–H and O–H groups in total. The fourth-order valence-electron chi connectivity index (χ4n) is 3.52. The number of ether oxygens (including phenoxy) is 1. The second-order valence-electron chi connectivity index (χ2n) is 8.43. The van der Waals surface area contributed by atoms with Crippen molar-refractivity contribution in [3.8, 4) is 11.3 Å². The normalized spacial score (nSPS) is 11.2. The molecule has 0 aliphatic rings. The van der Waals surface area contributed by atoms with Crippen molar-refractivity contribution in [1.82, 2.24) is 9.47 Å². The Hall–Kier alpha value is -2.63. The van der Waals surface area contributed by atoms with E-state index < -0.39 is 5.97 Å². The van der Waals surface area contributed by atoms with Gasteiger partial charge in [-0.05, 0) is 61.6 Å². The number of aromatic nitrogens is 1. The van der Waals surface area contributed by atoms with Crippen molar-refractivity contribution in [3.63, 3.8) is 0 Å². The summed E-state index contributed by atoms with van der Waals surface area (Å²) in [6.07, 6.45) is 0. The van der Waals surface area contributed by atoms with E-state index in [1.165, 1.54) is 12.1 Å². The minimum atomic E-state index is -0.425. The highest BCUT2D eigenvalue weighted by Gasteiger charge is 2.23. The molecular weight excluding hydrogens is 383 g/mol. The van der Waals surface area contributed by atoms with Gasteiger partial charge in [-0.2, -0.15) is 0 Å². The van der Waals surface area contributed by atoms with Crippen molar-refractivity contribution in [2.24, 2.45) is 11.8 Å². The molecule has 30 heavy (non-hydrogen) atoms. The van der Waals surface area contributed by atoms with Crippen LogP contribution in [0.4, 0.5) is 4.39 Å². The number of nitrogens with zero attached hydrogens (tertiary/aromatic N) is 2. The monoisotopic (exact) mass is 416 g/mol. The number of hydrogen-bond acceptors (Lipinski definition) is 3. The summed E-state index contributed by atoms with van der Waals surface area (Å²) >= 11 is 0. The summed E-state index contributed by atoms with van der Waals surface area (Å²) in [7, 11) is 0. The number of carbonyl (C=O) groups excluding carboxylic acids is 2. The molecule has 0 aliphatic heterocycles. The van der Waals surface area contributed by atoms with Crippen molar-refractivity contribution in [2.75, 3.05) is 19.7 Å². The van der Waals surface area contributed by atoms with Crippen LogP contribution in [0.3, 0.4) is 0 Å². The Balaban J connectivity index is 2.46. The minimum Gasteiger partial charge on any atom is -0.462 e. The molecule has 1 aromatic carbocycles. The average molecular weight is 417 g/mol. The molecule has 0 aliphatic carbocycles. The molecule has 1 amide bonds. The molecule has 164 valence electrons. The SMILES string of the molecule is CCOC(=O)c1cc(-c2ccc(F)cc2)n(CC(=O)N(CC(C)C)CC(C)C)c1C. The molecule has 0 spiro atoms. The molecule has 0 radical (unpaired) electrons. The molecular formula is C24H33FN2O3. The van der Waals surface area contributed by atoms with E-state index in [1.54, 1.807) is 25.1 Å². The van der Waals surface area contributed by atoms with Crippen molar-refractivity contribution in [1.29, 1.82) is 0 Å². The Morgan fingerprint density at radius 1 is 1.07 bits per heavy atom. The summed E-state index contributed by atoms with van der Waals surface area (Å²) in [6, 6.07) is 7.78. The summed E-state index contributed by atoms with van der Waals surface area (Å²) < 4.78 is 20.4. The predicted molar refractivity (Wildman–Crippen MR) is 117 cm³/mol. The average Bonchev–Trinajstić information content (AvgIpc) is 2.98. The lowest BCUT2D eigenvalue weighted by molar-refractivity contribution is -0.132. The van der Waals surface area contributed by atoms with Crippen molar-refractivity contribution in [3.05, 3.63) is 47.4 Å². The lowest BCUT2D eigenvalue weighted by Gasteiger charge is -2.27. The molecule has 0 saturated heterocycles. The van der Waals surface area contributed by atoms with E-state index in [-0.39, 0.29) is 24.9 Å². The quantitative estimate of drug-likeness (QED) is 0.545. The topological polar surface area (TPSA) is 51.5 Å². The van der Waals surface area contributed by atoms with Crippen LogP contribution >= 0.6 is 0 Å². The summed E-state index contributed by atoms with van der Waals surface area (Å²) in [6.45, 7) is 13.6. The number of carbonyl (C=O) groups is 2. The van der Waals surface area contributed by atoms with E-state index in [0.717, 1.165) is 5.56 Å². The van der Waals surface area contributed by atoms with Crippen LogP contribution in [0.2, 0.25) is 0 Å². The van der Waals surface area contributed by atoms with Crippen LogP contribution in [-0.2, 0) is 16.1 Å². The van der Waals surface area contributed by atoms with Gasteiger partial charge in [0, 0.05) is 24.5 Å². The summed E-state index contributed by atoms with van der Waals surface area (Å²) in [5.41, 5.74) is 2.51. The van der Waals surface area contributed by atoms with E-state index in [1.807, 2.05) is 16.4 Å². The van der Waals surface area contributed by atoms with Crippen LogP contribution in [0, 0.1) is 24.6 Å². The molecule has 1 aromatic heterocycles. The van der Waals surface area contributed by atoms with Gasteiger partial charge in [0.2, 0.25) is 5.91 Å². The van der Waals surface area contributed by atoms with Crippen LogP contribution in [-0.4, -0.2) is 41.0 Å². The second-order valence-corrected chi connectivity index (χ2v) is 8.43. The van der Waals surface area contributed by atoms with E-state index in [2.05, 4.69) is 27.7 Å². The third kappa shape index (κ3) is 5.94. The van der Waals surface area contributed by atoms with Gasteiger partial charge in [0.05, 0.1) is 12.2 Å². The van der Waals surface area contributed by atoms with E-state index in [4.69, 9.17) is 4.74 Å². The van der Waals surface area contributed by atoms with Crippen LogP contribution in [0.15, 0.2) is 30.3 Å². The lowest BCUT2D eigenvalue weighted by Crippen LogP contribution is -2.39. The number of rotatable bonds is 9. The molecule has 2 aromatic rings. The van der Waals surface area contributed by atoms with E-state index in [0.29, 0.717) is 41.9 Å². The van der Waals surface area contributed by atoms with Crippen molar-refractivity contribution >= 4 is 11.9 Å². The highest BCUT2D eigenvalue weighted by Crippen LogP contribution is 2.27. The first-order valence-corrected chi connectivity index (χ1v) is 10.5. The maximum Gasteiger partial charge on any atom is 0.339 e. The molecule has 6 heteroatoms. The number of benzene rings is 1.